The van der Waals surface area contributed by atoms with E-state index in [1.807, 2.05) is 0 Å². The van der Waals surface area contributed by atoms with E-state index in [0.717, 1.165) is 24.3 Å². The third kappa shape index (κ3) is 3.49. The molecule has 18 heteroatoms. The molecule has 196 valence electrons. The lowest BCUT2D eigenvalue weighted by Crippen LogP contribution is -2.74. The number of benzene rings is 1. The number of hydrogen-bond acceptors (Lipinski definition) is 1. The average molecular weight is 538 g/mol. The fourth-order valence-corrected chi connectivity index (χ4v) is 2.64. The summed E-state index contributed by atoms with van der Waals surface area (Å²) in [4.78, 5) is 0. The van der Waals surface area contributed by atoms with Gasteiger partial charge in [0, 0.05) is 0 Å². The number of halogens is 17. The number of ether oxygens (including phenoxy) is 1. The van der Waals surface area contributed by atoms with E-state index in [0.29, 0.717) is 0 Å². The Morgan fingerprint density at radius 2 is 0.824 bits per heavy atom. The van der Waals surface area contributed by atoms with Crippen molar-refractivity contribution in [2.75, 3.05) is 0 Å². The van der Waals surface area contributed by atoms with Crippen molar-refractivity contribution in [1.82, 2.24) is 0 Å². The summed E-state index contributed by atoms with van der Waals surface area (Å²) in [5.41, 5.74) is -0.431. The van der Waals surface area contributed by atoms with E-state index >= 15 is 0 Å². The molecule has 1 saturated heterocycles. The monoisotopic (exact) mass is 538 g/mol. The molecule has 34 heavy (non-hydrogen) atoms. The van der Waals surface area contributed by atoms with Crippen LogP contribution in [0.25, 0.3) is 0 Å². The predicted octanol–water partition coefficient (Wildman–Crippen LogP) is 7.14. The molecule has 0 bridgehead atoms. The van der Waals surface area contributed by atoms with Crippen molar-refractivity contribution in [2.45, 2.75) is 59.8 Å². The zero-order valence-corrected chi connectivity index (χ0v) is 15.4. The molecular formula is C16H7F17O. The normalized spacial score (nSPS) is 21.6. The van der Waals surface area contributed by atoms with Crippen LogP contribution in [-0.2, 0) is 4.74 Å². The summed E-state index contributed by atoms with van der Waals surface area (Å²) in [5, 5.41) is 0. The summed E-state index contributed by atoms with van der Waals surface area (Å²) >= 11 is 0. The maximum Gasteiger partial charge on any atom is 0.460 e. The minimum absolute atomic E-state index is 0.431. The topological polar surface area (TPSA) is 12.5 Å². The van der Waals surface area contributed by atoms with Gasteiger partial charge >= 0.3 is 47.6 Å². The molecule has 1 heterocycles. The lowest BCUT2D eigenvalue weighted by atomic mass is 9.87. The Labute approximate surface area is 176 Å². The van der Waals surface area contributed by atoms with Crippen LogP contribution in [0.2, 0.25) is 0 Å². The maximum atomic E-state index is 14.0. The molecule has 1 fully saturated rings. The van der Waals surface area contributed by atoms with E-state index in [1.165, 1.54) is 6.07 Å². The van der Waals surface area contributed by atoms with Crippen LogP contribution in [0.5, 0.6) is 0 Å². The van der Waals surface area contributed by atoms with Crippen LogP contribution >= 0.6 is 0 Å². The second kappa shape index (κ2) is 7.49. The molecular weight excluding hydrogens is 531 g/mol. The van der Waals surface area contributed by atoms with Gasteiger partial charge < -0.3 is 4.74 Å². The molecule has 1 aromatic carbocycles. The second-order valence-electron chi connectivity index (χ2n) is 6.96. The average Bonchev–Trinajstić information content (AvgIpc) is 3.48. The van der Waals surface area contributed by atoms with Gasteiger partial charge in [-0.05, 0) is 5.56 Å². The summed E-state index contributed by atoms with van der Waals surface area (Å²) in [6.45, 7) is 0. The Hall–Kier alpha value is -2.01. The Balaban J connectivity index is 2.51. The zero-order chi connectivity index (χ0) is 27.0. The van der Waals surface area contributed by atoms with Crippen LogP contribution in [0.4, 0.5) is 74.6 Å². The lowest BCUT2D eigenvalue weighted by Gasteiger charge is -2.42. The van der Waals surface area contributed by atoms with Crippen LogP contribution in [0, 0.1) is 0 Å². The van der Waals surface area contributed by atoms with Gasteiger partial charge in [0.25, 0.3) is 0 Å². The first-order chi connectivity index (χ1) is 14.8. The second-order valence-corrected chi connectivity index (χ2v) is 6.96. The third-order valence-electron chi connectivity index (χ3n) is 4.72. The van der Waals surface area contributed by atoms with Gasteiger partial charge in [0.1, 0.15) is 6.10 Å². The molecule has 0 spiro atoms. The smallest absolute Gasteiger partial charge is 0.358 e. The highest BCUT2D eigenvalue weighted by Crippen LogP contribution is 2.66. The molecule has 0 N–H and O–H groups in total. The summed E-state index contributed by atoms with van der Waals surface area (Å²) in [6, 6.07) is 5.17. The molecule has 0 aliphatic carbocycles. The summed E-state index contributed by atoms with van der Waals surface area (Å²) < 4.78 is 229. The maximum absolute atomic E-state index is 14.0. The number of rotatable bonds is 8. The molecule has 0 saturated carbocycles. The highest BCUT2D eigenvalue weighted by Gasteiger charge is 2.96. The van der Waals surface area contributed by atoms with Crippen molar-refractivity contribution in [1.29, 1.82) is 0 Å². The third-order valence-corrected chi connectivity index (χ3v) is 4.72. The predicted molar refractivity (Wildman–Crippen MR) is 74.7 cm³/mol. The van der Waals surface area contributed by atoms with Crippen molar-refractivity contribution < 1.29 is 79.4 Å². The van der Waals surface area contributed by atoms with E-state index in [9.17, 15) is 74.6 Å². The van der Waals surface area contributed by atoms with E-state index < -0.39 is 65.4 Å². The van der Waals surface area contributed by atoms with Gasteiger partial charge in [0.2, 0.25) is 0 Å². The molecule has 1 nitrogen and oxygen atoms in total. The molecule has 1 aromatic rings. The first-order valence-corrected chi connectivity index (χ1v) is 8.26. The van der Waals surface area contributed by atoms with Gasteiger partial charge in [0.15, 0.2) is 6.10 Å². The molecule has 0 aromatic heterocycles. The summed E-state index contributed by atoms with van der Waals surface area (Å²) in [7, 11) is 0. The van der Waals surface area contributed by atoms with Gasteiger partial charge in [-0.3, -0.25) is 0 Å². The highest BCUT2D eigenvalue weighted by atomic mass is 19.4. The molecule has 0 radical (unpaired) electrons. The van der Waals surface area contributed by atoms with Crippen molar-refractivity contribution in [3.8, 4) is 0 Å². The first kappa shape index (κ1) is 28.2. The van der Waals surface area contributed by atoms with Crippen molar-refractivity contribution in [2.24, 2.45) is 0 Å². The quantitative estimate of drug-likeness (QED) is 0.254. The van der Waals surface area contributed by atoms with Crippen LogP contribution in [0.1, 0.15) is 11.7 Å². The number of alkyl halides is 17. The first-order valence-electron chi connectivity index (χ1n) is 8.26. The van der Waals surface area contributed by atoms with E-state index in [-0.39, 0.29) is 0 Å². The zero-order valence-electron chi connectivity index (χ0n) is 15.4. The van der Waals surface area contributed by atoms with Crippen LogP contribution in [0.3, 0.4) is 0 Å². The van der Waals surface area contributed by atoms with Crippen LogP contribution < -0.4 is 0 Å². The molecule has 2 atom stereocenters. The fraction of sp³-hybridized carbons (Fsp3) is 0.625. The standard InChI is InChI=1S/C16H7F17O/c17-9(18,8-7(34-8)6-4-2-1-3-5-6)10(19,20)11(21,22)12(23,24)13(25,26)14(27,28)15(29,30)16(31,32)33/h1-5,7-8H. The SMILES string of the molecule is FC(F)(F)C(F)(F)C(F)(F)C(F)(F)C(F)(F)C(F)(F)C(F)(F)C(F)(F)C1OC1c1ccccc1. The molecule has 1 aliphatic heterocycles. The fourth-order valence-electron chi connectivity index (χ4n) is 2.64. The Kier molecular flexibility index (Phi) is 6.22. The largest absolute Gasteiger partial charge is 0.460 e. The van der Waals surface area contributed by atoms with Gasteiger partial charge in [-0.2, -0.15) is 74.6 Å². The highest BCUT2D eigenvalue weighted by molar-refractivity contribution is 5.26. The Bertz CT molecular complexity index is 889. The van der Waals surface area contributed by atoms with E-state index in [4.69, 9.17) is 0 Å². The Morgan fingerprint density at radius 1 is 0.471 bits per heavy atom. The lowest BCUT2D eigenvalue weighted by molar-refractivity contribution is -0.462. The van der Waals surface area contributed by atoms with Crippen LogP contribution in [-0.4, -0.2) is 53.7 Å². The van der Waals surface area contributed by atoms with Gasteiger partial charge in [-0.1, -0.05) is 30.3 Å². The summed E-state index contributed by atoms with van der Waals surface area (Å²) in [5.74, 6) is -56.5. The van der Waals surface area contributed by atoms with Crippen molar-refractivity contribution in [3.63, 3.8) is 0 Å². The molecule has 1 aliphatic rings. The molecule has 2 unspecified atom stereocenters. The minimum atomic E-state index is -8.63. The van der Waals surface area contributed by atoms with Crippen molar-refractivity contribution >= 4 is 0 Å². The van der Waals surface area contributed by atoms with Gasteiger partial charge in [0.05, 0.1) is 0 Å². The molecule has 0 amide bonds. The Morgan fingerprint density at radius 3 is 1.21 bits per heavy atom. The minimum Gasteiger partial charge on any atom is -0.358 e. The van der Waals surface area contributed by atoms with Gasteiger partial charge in [-0.15, -0.1) is 0 Å². The summed E-state index contributed by atoms with van der Waals surface area (Å²) in [6.07, 6.45) is -13.4. The van der Waals surface area contributed by atoms with Crippen LogP contribution in [0.15, 0.2) is 30.3 Å². The molecule has 2 rings (SSSR count). The number of epoxide rings is 1. The van der Waals surface area contributed by atoms with E-state index in [1.54, 1.807) is 0 Å². The number of hydrogen-bond donors (Lipinski definition) is 0. The van der Waals surface area contributed by atoms with Crippen molar-refractivity contribution in [3.05, 3.63) is 35.9 Å². The van der Waals surface area contributed by atoms with Gasteiger partial charge in [-0.25, -0.2) is 0 Å². The van der Waals surface area contributed by atoms with E-state index in [2.05, 4.69) is 4.74 Å².